The fourth-order valence-corrected chi connectivity index (χ4v) is 3.30. The second-order valence-electron chi connectivity index (χ2n) is 6.43. The molecule has 0 bridgehead atoms. The van der Waals surface area contributed by atoms with Gasteiger partial charge in [-0.05, 0) is 64.4 Å². The van der Waals surface area contributed by atoms with Gasteiger partial charge < -0.3 is 14.6 Å². The lowest BCUT2D eigenvalue weighted by atomic mass is 10.1. The summed E-state index contributed by atoms with van der Waals surface area (Å²) in [6.45, 7) is 0.509. The Kier molecular flexibility index (Phi) is 7.37. The van der Waals surface area contributed by atoms with Crippen LogP contribution in [-0.4, -0.2) is 30.5 Å². The van der Waals surface area contributed by atoms with Gasteiger partial charge in [0.2, 0.25) is 0 Å². The van der Waals surface area contributed by atoms with E-state index in [-0.39, 0.29) is 16.8 Å². The number of rotatable bonds is 6. The largest absolute Gasteiger partial charge is 0.444 e. The summed E-state index contributed by atoms with van der Waals surface area (Å²) in [5.41, 5.74) is 2.20. The van der Waals surface area contributed by atoms with Gasteiger partial charge in [-0.1, -0.05) is 42.5 Å². The van der Waals surface area contributed by atoms with Gasteiger partial charge in [-0.3, -0.25) is 14.9 Å². The number of para-hydroxylation sites is 1. The Hall–Kier alpha value is -2.97. The first kappa shape index (κ1) is 21.7. The molecule has 3 rings (SSSR count). The molecule has 3 aromatic rings. The van der Waals surface area contributed by atoms with Crippen molar-refractivity contribution in [3.63, 3.8) is 0 Å². The van der Waals surface area contributed by atoms with Gasteiger partial charge in [0.05, 0.1) is 11.3 Å². The molecule has 6 nitrogen and oxygen atoms in total. The van der Waals surface area contributed by atoms with Crippen molar-refractivity contribution in [3.05, 3.63) is 88.3 Å². The first-order chi connectivity index (χ1) is 14.5. The maximum atomic E-state index is 12.7. The third-order valence-electron chi connectivity index (χ3n) is 4.37. The maximum absolute atomic E-state index is 12.7. The van der Waals surface area contributed by atoms with Gasteiger partial charge in [0.25, 0.3) is 11.8 Å². The van der Waals surface area contributed by atoms with Crippen LogP contribution in [0, 0.1) is 0 Å². The van der Waals surface area contributed by atoms with E-state index in [0.29, 0.717) is 22.5 Å². The van der Waals surface area contributed by atoms with Crippen LogP contribution in [0.5, 0.6) is 0 Å². The molecule has 2 amide bonds. The van der Waals surface area contributed by atoms with E-state index in [1.807, 2.05) is 30.3 Å². The molecule has 2 aromatic carbocycles. The number of nitrogens with zero attached hydrogens (tertiary/aromatic N) is 1. The topological polar surface area (TPSA) is 74.6 Å². The zero-order valence-corrected chi connectivity index (χ0v) is 18.6. The van der Waals surface area contributed by atoms with Crippen LogP contribution in [0.4, 0.5) is 5.69 Å². The van der Waals surface area contributed by atoms with Crippen molar-refractivity contribution in [2.75, 3.05) is 18.5 Å². The van der Waals surface area contributed by atoms with Crippen molar-refractivity contribution in [1.29, 1.82) is 0 Å². The van der Waals surface area contributed by atoms with E-state index in [9.17, 15) is 9.59 Å². The van der Waals surface area contributed by atoms with Crippen LogP contribution < -0.4 is 15.5 Å². The molecule has 0 unspecified atom stereocenters. The van der Waals surface area contributed by atoms with Gasteiger partial charge in [-0.25, -0.2) is 0 Å². The van der Waals surface area contributed by atoms with Crippen LogP contribution in [0.25, 0.3) is 0 Å². The first-order valence-electron chi connectivity index (χ1n) is 9.21. The van der Waals surface area contributed by atoms with E-state index >= 15 is 0 Å². The summed E-state index contributed by atoms with van der Waals surface area (Å²) < 4.78 is 5.69. The number of carbonyl (C=O) groups is 2. The first-order valence-corrected chi connectivity index (χ1v) is 10.4. The number of furan rings is 1. The maximum Gasteiger partial charge on any atom is 0.293 e. The molecule has 0 spiro atoms. The number of benzene rings is 2. The molecule has 0 aliphatic heterocycles. The van der Waals surface area contributed by atoms with E-state index in [2.05, 4.69) is 26.6 Å². The third-order valence-corrected chi connectivity index (χ3v) is 5.18. The molecule has 0 radical (unpaired) electrons. The molecular weight excluding hydrogens is 466 g/mol. The van der Waals surface area contributed by atoms with Gasteiger partial charge in [-0.15, -0.1) is 0 Å². The average molecular weight is 486 g/mol. The fraction of sp³-hybridized carbons (Fsp3) is 0.136. The highest BCUT2D eigenvalue weighted by Crippen LogP contribution is 2.20. The number of hydrogen-bond donors (Lipinski definition) is 2. The molecular formula is C22H20BrN3O3S. The van der Waals surface area contributed by atoms with Crippen LogP contribution in [0.2, 0.25) is 0 Å². The number of hydrogen-bond acceptors (Lipinski definition) is 4. The molecule has 0 aliphatic carbocycles. The van der Waals surface area contributed by atoms with Gasteiger partial charge in [-0.2, -0.15) is 0 Å². The highest BCUT2D eigenvalue weighted by atomic mass is 79.9. The van der Waals surface area contributed by atoms with E-state index in [0.717, 1.165) is 12.0 Å². The van der Waals surface area contributed by atoms with Crippen molar-refractivity contribution < 1.29 is 14.0 Å². The SMILES string of the molecule is CN(C(=S)NC(=O)c1ccc(Br)o1)c1ccccc1C(=O)NCCc1ccccc1. The number of carbonyl (C=O) groups excluding carboxylic acids is 2. The summed E-state index contributed by atoms with van der Waals surface area (Å²) >= 11 is 8.51. The average Bonchev–Trinajstić information content (AvgIpc) is 3.20. The van der Waals surface area contributed by atoms with E-state index in [1.165, 1.54) is 6.07 Å². The molecule has 8 heteroatoms. The van der Waals surface area contributed by atoms with E-state index in [1.54, 1.807) is 42.3 Å². The predicted molar refractivity (Wildman–Crippen MR) is 124 cm³/mol. The smallest absolute Gasteiger partial charge is 0.293 e. The molecule has 1 aromatic heterocycles. The lowest BCUT2D eigenvalue weighted by Gasteiger charge is -2.22. The number of anilines is 1. The van der Waals surface area contributed by atoms with E-state index < -0.39 is 5.91 Å². The molecule has 0 aliphatic rings. The van der Waals surface area contributed by atoms with Crippen molar-refractivity contribution >= 4 is 50.8 Å². The summed E-state index contributed by atoms with van der Waals surface area (Å²) in [5.74, 6) is -0.551. The molecule has 30 heavy (non-hydrogen) atoms. The summed E-state index contributed by atoms with van der Waals surface area (Å²) in [5, 5.41) is 5.70. The lowest BCUT2D eigenvalue weighted by Crippen LogP contribution is -2.41. The van der Waals surface area contributed by atoms with Crippen molar-refractivity contribution in [3.8, 4) is 0 Å². The van der Waals surface area contributed by atoms with Crippen LogP contribution in [0.1, 0.15) is 26.5 Å². The normalized spacial score (nSPS) is 10.3. The molecule has 0 saturated carbocycles. The Morgan fingerprint density at radius 1 is 1.00 bits per heavy atom. The number of nitrogens with one attached hydrogen (secondary N) is 2. The molecule has 1 heterocycles. The highest BCUT2D eigenvalue weighted by Gasteiger charge is 2.19. The molecule has 2 N–H and O–H groups in total. The molecule has 0 atom stereocenters. The molecule has 154 valence electrons. The Morgan fingerprint density at radius 2 is 1.70 bits per heavy atom. The van der Waals surface area contributed by atoms with E-state index in [4.69, 9.17) is 16.6 Å². The van der Waals surface area contributed by atoms with Crippen LogP contribution in [-0.2, 0) is 6.42 Å². The Balaban J connectivity index is 1.64. The Bertz CT molecular complexity index is 1050. The summed E-state index contributed by atoms with van der Waals surface area (Å²) in [4.78, 5) is 26.6. The van der Waals surface area contributed by atoms with Gasteiger partial charge in [0, 0.05) is 13.6 Å². The second-order valence-corrected chi connectivity index (χ2v) is 7.60. The third kappa shape index (κ3) is 5.55. The summed E-state index contributed by atoms with van der Waals surface area (Å²) in [6.07, 6.45) is 0.734. The monoisotopic (exact) mass is 485 g/mol. The summed E-state index contributed by atoms with van der Waals surface area (Å²) in [7, 11) is 1.69. The Morgan fingerprint density at radius 3 is 2.40 bits per heavy atom. The number of amides is 2. The van der Waals surface area contributed by atoms with Gasteiger partial charge >= 0.3 is 0 Å². The summed E-state index contributed by atoms with van der Waals surface area (Å²) in [6, 6.07) is 20.2. The fourth-order valence-electron chi connectivity index (χ4n) is 2.81. The highest BCUT2D eigenvalue weighted by molar-refractivity contribution is 9.10. The van der Waals surface area contributed by atoms with Gasteiger partial charge in [0.1, 0.15) is 0 Å². The second kappa shape index (κ2) is 10.2. The van der Waals surface area contributed by atoms with Crippen LogP contribution in [0.3, 0.4) is 0 Å². The molecule has 0 fully saturated rings. The predicted octanol–water partition coefficient (Wildman–Crippen LogP) is 4.17. The zero-order chi connectivity index (χ0) is 21.5. The zero-order valence-electron chi connectivity index (χ0n) is 16.2. The van der Waals surface area contributed by atoms with Crippen molar-refractivity contribution in [1.82, 2.24) is 10.6 Å². The minimum Gasteiger partial charge on any atom is -0.444 e. The lowest BCUT2D eigenvalue weighted by molar-refractivity contribution is 0.0944. The quantitative estimate of drug-likeness (QED) is 0.512. The number of halogens is 1. The number of thiocarbonyl (C=S) groups is 1. The minimum absolute atomic E-state index is 0.129. The Labute approximate surface area is 188 Å². The van der Waals surface area contributed by atoms with Crippen LogP contribution >= 0.6 is 28.1 Å². The molecule has 0 saturated heterocycles. The van der Waals surface area contributed by atoms with Crippen LogP contribution in [0.15, 0.2) is 75.8 Å². The minimum atomic E-state index is -0.470. The van der Waals surface area contributed by atoms with Crippen molar-refractivity contribution in [2.24, 2.45) is 0 Å². The standard InChI is InChI=1S/C22H20BrN3O3S/c1-26(22(30)25-21(28)18-11-12-19(23)29-18)17-10-6-5-9-16(17)20(27)24-14-13-15-7-3-2-4-8-15/h2-12H,13-14H2,1H3,(H,24,27)(H,25,28,30). The van der Waals surface area contributed by atoms with Crippen molar-refractivity contribution in [2.45, 2.75) is 6.42 Å². The van der Waals surface area contributed by atoms with Gasteiger partial charge in [0.15, 0.2) is 15.5 Å².